The number of rotatable bonds is 6. The highest BCUT2D eigenvalue weighted by Gasteiger charge is 2.46. The molecule has 2 aliphatic rings. The Labute approximate surface area is 96.6 Å². The summed E-state index contributed by atoms with van der Waals surface area (Å²) in [5.41, 5.74) is 5.50. The van der Waals surface area contributed by atoms with Crippen molar-refractivity contribution in [3.8, 4) is 0 Å². The van der Waals surface area contributed by atoms with Gasteiger partial charge in [0.2, 0.25) is 5.91 Å². The van der Waals surface area contributed by atoms with E-state index in [-0.39, 0.29) is 17.9 Å². The second-order valence-electron chi connectivity index (χ2n) is 5.71. The van der Waals surface area contributed by atoms with Gasteiger partial charge in [-0.2, -0.15) is 0 Å². The lowest BCUT2D eigenvalue weighted by Crippen LogP contribution is -2.54. The van der Waals surface area contributed by atoms with Crippen molar-refractivity contribution in [1.29, 1.82) is 0 Å². The molecule has 0 aliphatic heterocycles. The van der Waals surface area contributed by atoms with Crippen LogP contribution in [-0.2, 0) is 4.79 Å². The first-order valence-corrected chi connectivity index (χ1v) is 6.18. The molecule has 2 fully saturated rings. The third-order valence-electron chi connectivity index (χ3n) is 4.14. The van der Waals surface area contributed by atoms with Crippen molar-refractivity contribution in [3.05, 3.63) is 0 Å². The average Bonchev–Trinajstić information content (AvgIpc) is 3.09. The fourth-order valence-electron chi connectivity index (χ4n) is 2.26. The van der Waals surface area contributed by atoms with Gasteiger partial charge in [0.05, 0.1) is 5.54 Å². The Balaban J connectivity index is 1.79. The van der Waals surface area contributed by atoms with Crippen LogP contribution in [0.25, 0.3) is 0 Å². The van der Waals surface area contributed by atoms with Gasteiger partial charge in [-0.05, 0) is 50.4 Å². The molecule has 2 rings (SSSR count). The number of carbonyl (C=O) groups is 1. The summed E-state index contributed by atoms with van der Waals surface area (Å²) in [6.45, 7) is 2.70. The van der Waals surface area contributed by atoms with Crippen LogP contribution in [0.2, 0.25) is 0 Å². The first kappa shape index (κ1) is 11.9. The van der Waals surface area contributed by atoms with E-state index in [1.54, 1.807) is 0 Å². The summed E-state index contributed by atoms with van der Waals surface area (Å²) in [7, 11) is 0. The summed E-state index contributed by atoms with van der Waals surface area (Å²) in [5, 5.41) is 11.9. The Hall–Kier alpha value is -0.610. The minimum Gasteiger partial charge on any atom is -0.396 e. The maximum atomic E-state index is 11.9. The van der Waals surface area contributed by atoms with Gasteiger partial charge in [0.15, 0.2) is 0 Å². The molecule has 1 atom stereocenters. The minimum atomic E-state index is -0.699. The highest BCUT2D eigenvalue weighted by atomic mass is 16.3. The molecule has 4 heteroatoms. The molecule has 1 unspecified atom stereocenters. The van der Waals surface area contributed by atoms with Crippen LogP contribution >= 0.6 is 0 Å². The van der Waals surface area contributed by atoms with E-state index in [4.69, 9.17) is 10.8 Å². The third kappa shape index (κ3) is 2.38. The molecular formula is C12H22N2O2. The molecule has 2 saturated carbocycles. The quantitative estimate of drug-likeness (QED) is 0.613. The van der Waals surface area contributed by atoms with Crippen molar-refractivity contribution in [2.45, 2.75) is 44.6 Å². The molecule has 0 saturated heterocycles. The summed E-state index contributed by atoms with van der Waals surface area (Å²) in [5.74, 6) is 0.333. The summed E-state index contributed by atoms with van der Waals surface area (Å²) in [6, 6.07) is 0. The SMILES string of the molecule is CC(N)(C(=O)NCC1(CCO)CC1)C1CC1. The smallest absolute Gasteiger partial charge is 0.240 e. The zero-order valence-corrected chi connectivity index (χ0v) is 9.96. The Morgan fingerprint density at radius 1 is 1.56 bits per heavy atom. The maximum absolute atomic E-state index is 11.9. The summed E-state index contributed by atoms with van der Waals surface area (Å²) in [4.78, 5) is 11.9. The molecule has 2 aliphatic carbocycles. The summed E-state index contributed by atoms with van der Waals surface area (Å²) in [6.07, 6.45) is 5.15. The molecule has 4 N–H and O–H groups in total. The fraction of sp³-hybridized carbons (Fsp3) is 0.917. The van der Waals surface area contributed by atoms with E-state index in [9.17, 15) is 4.79 Å². The van der Waals surface area contributed by atoms with Gasteiger partial charge in [-0.25, -0.2) is 0 Å². The third-order valence-corrected chi connectivity index (χ3v) is 4.14. The number of amides is 1. The fourth-order valence-corrected chi connectivity index (χ4v) is 2.26. The second kappa shape index (κ2) is 4.00. The van der Waals surface area contributed by atoms with Gasteiger partial charge in [-0.15, -0.1) is 0 Å². The molecule has 16 heavy (non-hydrogen) atoms. The van der Waals surface area contributed by atoms with Gasteiger partial charge in [-0.3, -0.25) is 4.79 Å². The van der Waals surface area contributed by atoms with Crippen LogP contribution in [0, 0.1) is 11.3 Å². The van der Waals surface area contributed by atoms with Gasteiger partial charge in [-0.1, -0.05) is 0 Å². The van der Waals surface area contributed by atoms with E-state index >= 15 is 0 Å². The molecule has 0 aromatic heterocycles. The van der Waals surface area contributed by atoms with E-state index in [0.717, 1.165) is 32.1 Å². The lowest BCUT2D eigenvalue weighted by atomic mass is 9.95. The predicted octanol–water partition coefficient (Wildman–Crippen LogP) is 0.393. The predicted molar refractivity (Wildman–Crippen MR) is 61.7 cm³/mol. The standard InChI is InChI=1S/C12H22N2O2/c1-11(13,9-2-3-9)10(16)14-8-12(4-5-12)6-7-15/h9,15H,2-8,13H2,1H3,(H,14,16). The number of carbonyl (C=O) groups excluding carboxylic acids is 1. The van der Waals surface area contributed by atoms with Crippen LogP contribution in [0.3, 0.4) is 0 Å². The molecule has 0 spiro atoms. The van der Waals surface area contributed by atoms with E-state index in [1.165, 1.54) is 0 Å². The lowest BCUT2D eigenvalue weighted by molar-refractivity contribution is -0.126. The molecule has 0 radical (unpaired) electrons. The number of hydrogen-bond acceptors (Lipinski definition) is 3. The van der Waals surface area contributed by atoms with Crippen molar-refractivity contribution in [2.24, 2.45) is 17.1 Å². The van der Waals surface area contributed by atoms with Crippen molar-refractivity contribution >= 4 is 5.91 Å². The first-order valence-electron chi connectivity index (χ1n) is 6.18. The Morgan fingerprint density at radius 3 is 2.62 bits per heavy atom. The van der Waals surface area contributed by atoms with E-state index in [1.807, 2.05) is 6.92 Å². The minimum absolute atomic E-state index is 0.0285. The molecule has 0 heterocycles. The summed E-state index contributed by atoms with van der Waals surface area (Å²) >= 11 is 0. The highest BCUT2D eigenvalue weighted by molar-refractivity contribution is 5.86. The highest BCUT2D eigenvalue weighted by Crippen LogP contribution is 2.48. The van der Waals surface area contributed by atoms with Gasteiger partial charge in [0.1, 0.15) is 0 Å². The van der Waals surface area contributed by atoms with Crippen LogP contribution in [-0.4, -0.2) is 29.7 Å². The number of hydrogen-bond donors (Lipinski definition) is 3. The maximum Gasteiger partial charge on any atom is 0.240 e. The lowest BCUT2D eigenvalue weighted by Gasteiger charge is -2.25. The van der Waals surface area contributed by atoms with Crippen molar-refractivity contribution in [2.75, 3.05) is 13.2 Å². The van der Waals surface area contributed by atoms with Gasteiger partial charge in [0.25, 0.3) is 0 Å². The van der Waals surface area contributed by atoms with Gasteiger partial charge >= 0.3 is 0 Å². The Kier molecular flexibility index (Phi) is 2.97. The van der Waals surface area contributed by atoms with Gasteiger partial charge < -0.3 is 16.2 Å². The zero-order valence-electron chi connectivity index (χ0n) is 9.96. The number of nitrogens with two attached hydrogens (primary N) is 1. The molecule has 4 nitrogen and oxygen atoms in total. The Morgan fingerprint density at radius 2 is 2.19 bits per heavy atom. The number of aliphatic hydroxyl groups excluding tert-OH is 1. The zero-order chi connectivity index (χ0) is 11.8. The molecule has 0 aromatic rings. The van der Waals surface area contributed by atoms with E-state index < -0.39 is 5.54 Å². The van der Waals surface area contributed by atoms with Crippen molar-refractivity contribution in [3.63, 3.8) is 0 Å². The topological polar surface area (TPSA) is 75.4 Å². The molecule has 92 valence electrons. The first-order chi connectivity index (χ1) is 7.50. The van der Waals surface area contributed by atoms with Crippen LogP contribution in [0.15, 0.2) is 0 Å². The monoisotopic (exact) mass is 226 g/mol. The average molecular weight is 226 g/mol. The van der Waals surface area contributed by atoms with Crippen LogP contribution < -0.4 is 11.1 Å². The molecule has 1 amide bonds. The number of aliphatic hydroxyl groups is 1. The van der Waals surface area contributed by atoms with Gasteiger partial charge in [0, 0.05) is 13.2 Å². The van der Waals surface area contributed by atoms with E-state index in [2.05, 4.69) is 5.32 Å². The molecular weight excluding hydrogens is 204 g/mol. The van der Waals surface area contributed by atoms with Crippen LogP contribution in [0.1, 0.15) is 39.0 Å². The normalized spacial score (nSPS) is 25.9. The van der Waals surface area contributed by atoms with Crippen molar-refractivity contribution < 1.29 is 9.90 Å². The number of nitrogens with one attached hydrogen (secondary N) is 1. The van der Waals surface area contributed by atoms with Crippen LogP contribution in [0.5, 0.6) is 0 Å². The Bertz CT molecular complexity index is 281. The largest absolute Gasteiger partial charge is 0.396 e. The molecule has 0 aromatic carbocycles. The van der Waals surface area contributed by atoms with E-state index in [0.29, 0.717) is 12.5 Å². The van der Waals surface area contributed by atoms with Crippen LogP contribution in [0.4, 0.5) is 0 Å². The van der Waals surface area contributed by atoms with Crippen molar-refractivity contribution in [1.82, 2.24) is 5.32 Å². The molecule has 0 bridgehead atoms. The second-order valence-corrected chi connectivity index (χ2v) is 5.71. The summed E-state index contributed by atoms with van der Waals surface area (Å²) < 4.78 is 0.